The highest BCUT2D eigenvalue weighted by atomic mass is 79.9. The van der Waals surface area contributed by atoms with Crippen molar-refractivity contribution in [2.75, 3.05) is 0 Å². The van der Waals surface area contributed by atoms with Gasteiger partial charge in [-0.2, -0.15) is 0 Å². The highest BCUT2D eigenvalue weighted by molar-refractivity contribution is 9.10. The summed E-state index contributed by atoms with van der Waals surface area (Å²) in [5.41, 5.74) is 0.921. The maximum Gasteiger partial charge on any atom is 0.305 e. The van der Waals surface area contributed by atoms with Crippen molar-refractivity contribution in [2.45, 2.75) is 25.3 Å². The zero-order chi connectivity index (χ0) is 14.5. The number of nitrogens with one attached hydrogen (secondary N) is 1. The largest absolute Gasteiger partial charge is 0.481 e. The number of benzene rings is 1. The highest BCUT2D eigenvalue weighted by Gasteiger charge is 2.33. The summed E-state index contributed by atoms with van der Waals surface area (Å²) in [4.78, 5) is 22.6. The number of hydrogen-bond donors (Lipinski definition) is 2. The topological polar surface area (TPSA) is 66.4 Å². The van der Waals surface area contributed by atoms with E-state index in [0.717, 1.165) is 22.9 Å². The Balaban J connectivity index is 1.90. The summed E-state index contributed by atoms with van der Waals surface area (Å²) >= 11 is 3.34. The van der Waals surface area contributed by atoms with E-state index in [9.17, 15) is 9.59 Å². The number of halogens is 1. The van der Waals surface area contributed by atoms with Gasteiger partial charge in [0, 0.05) is 16.6 Å². The molecule has 0 spiro atoms. The average molecular weight is 338 g/mol. The third-order valence-corrected chi connectivity index (χ3v) is 3.74. The Bertz CT molecular complexity index is 520. The average Bonchev–Trinajstić information content (AvgIpc) is 3.21. The van der Waals surface area contributed by atoms with Gasteiger partial charge in [0.1, 0.15) is 0 Å². The molecule has 1 fully saturated rings. The molecule has 5 heteroatoms. The number of rotatable bonds is 6. The summed E-state index contributed by atoms with van der Waals surface area (Å²) in [6.45, 7) is 0. The normalized spacial score (nSPS) is 16.1. The van der Waals surface area contributed by atoms with Gasteiger partial charge in [0.05, 0.1) is 6.42 Å². The lowest BCUT2D eigenvalue weighted by Gasteiger charge is -2.14. The number of aliphatic carboxylic acids is 1. The van der Waals surface area contributed by atoms with Crippen LogP contribution in [0.4, 0.5) is 0 Å². The molecule has 0 saturated heterocycles. The van der Waals surface area contributed by atoms with Crippen molar-refractivity contribution in [3.63, 3.8) is 0 Å². The van der Waals surface area contributed by atoms with E-state index in [2.05, 4.69) is 21.2 Å². The van der Waals surface area contributed by atoms with Crippen molar-refractivity contribution in [3.8, 4) is 0 Å². The minimum absolute atomic E-state index is 0.0114. The van der Waals surface area contributed by atoms with Crippen molar-refractivity contribution in [2.24, 2.45) is 5.92 Å². The maximum absolute atomic E-state index is 11.8. The van der Waals surface area contributed by atoms with Gasteiger partial charge in [-0.15, -0.1) is 0 Å². The highest BCUT2D eigenvalue weighted by Crippen LogP contribution is 2.34. The first-order chi connectivity index (χ1) is 9.54. The van der Waals surface area contributed by atoms with Gasteiger partial charge in [0.2, 0.25) is 5.91 Å². The molecule has 1 aromatic carbocycles. The van der Waals surface area contributed by atoms with Crippen LogP contribution in [-0.4, -0.2) is 23.0 Å². The van der Waals surface area contributed by atoms with Crippen LogP contribution in [0.2, 0.25) is 0 Å². The Morgan fingerprint density at radius 2 is 2.00 bits per heavy atom. The minimum atomic E-state index is -0.876. The first-order valence-corrected chi connectivity index (χ1v) is 7.30. The molecule has 0 radical (unpaired) electrons. The van der Waals surface area contributed by atoms with Crippen molar-refractivity contribution < 1.29 is 14.7 Å². The Kier molecular flexibility index (Phi) is 4.95. The monoisotopic (exact) mass is 337 g/mol. The second-order valence-electron chi connectivity index (χ2n) is 4.94. The quantitative estimate of drug-likeness (QED) is 0.784. The Morgan fingerprint density at radius 1 is 1.35 bits per heavy atom. The third kappa shape index (κ3) is 4.81. The van der Waals surface area contributed by atoms with Gasteiger partial charge < -0.3 is 10.4 Å². The van der Waals surface area contributed by atoms with Crippen LogP contribution in [0, 0.1) is 5.92 Å². The molecule has 1 saturated carbocycles. The molecule has 1 atom stereocenters. The second kappa shape index (κ2) is 6.70. The van der Waals surface area contributed by atoms with Gasteiger partial charge in [-0.25, -0.2) is 0 Å². The molecule has 1 aliphatic rings. The molecule has 1 amide bonds. The molecule has 0 bridgehead atoms. The molecule has 1 aromatic rings. The van der Waals surface area contributed by atoms with Crippen LogP contribution in [0.5, 0.6) is 0 Å². The Labute approximate surface area is 126 Å². The lowest BCUT2D eigenvalue weighted by atomic mass is 10.1. The summed E-state index contributed by atoms with van der Waals surface area (Å²) in [7, 11) is 0. The molecule has 1 aliphatic carbocycles. The zero-order valence-electron chi connectivity index (χ0n) is 10.9. The fourth-order valence-corrected chi connectivity index (χ4v) is 2.26. The first kappa shape index (κ1) is 14.8. The molecule has 0 aromatic heterocycles. The number of amides is 1. The number of carbonyl (C=O) groups excluding carboxylic acids is 1. The predicted molar refractivity (Wildman–Crippen MR) is 80.1 cm³/mol. The van der Waals surface area contributed by atoms with Crippen LogP contribution in [-0.2, 0) is 9.59 Å². The minimum Gasteiger partial charge on any atom is -0.481 e. The zero-order valence-corrected chi connectivity index (χ0v) is 12.5. The molecule has 20 heavy (non-hydrogen) atoms. The summed E-state index contributed by atoms with van der Waals surface area (Å²) in [6.07, 6.45) is 5.14. The summed E-state index contributed by atoms with van der Waals surface area (Å²) < 4.78 is 0.981. The van der Waals surface area contributed by atoms with Crippen LogP contribution >= 0.6 is 15.9 Å². The van der Waals surface area contributed by atoms with E-state index >= 15 is 0 Å². The van der Waals surface area contributed by atoms with Gasteiger partial charge in [-0.3, -0.25) is 9.59 Å². The molecule has 2 rings (SSSR count). The van der Waals surface area contributed by atoms with Crippen molar-refractivity contribution >= 4 is 33.9 Å². The fraction of sp³-hybridized carbons (Fsp3) is 0.333. The predicted octanol–water partition coefficient (Wildman–Crippen LogP) is 2.83. The van der Waals surface area contributed by atoms with E-state index in [1.54, 1.807) is 6.08 Å². The number of carboxylic acid groups (broad SMARTS) is 1. The third-order valence-electron chi connectivity index (χ3n) is 3.21. The molecular weight excluding hydrogens is 322 g/mol. The molecule has 1 unspecified atom stereocenters. The van der Waals surface area contributed by atoms with E-state index in [1.807, 2.05) is 24.3 Å². The van der Waals surface area contributed by atoms with E-state index in [1.165, 1.54) is 6.08 Å². The summed E-state index contributed by atoms with van der Waals surface area (Å²) in [6, 6.07) is 7.33. The lowest BCUT2D eigenvalue weighted by molar-refractivity contribution is -0.137. The van der Waals surface area contributed by atoms with E-state index < -0.39 is 5.97 Å². The van der Waals surface area contributed by atoms with Gasteiger partial charge >= 0.3 is 5.97 Å². The molecule has 2 N–H and O–H groups in total. The SMILES string of the molecule is O=C(O)CC(NC(=O)/C=C/c1ccc(Br)cc1)C1CC1. The standard InChI is InChI=1S/C15H16BrNO3/c16-12-6-1-10(2-7-12)3-8-14(18)17-13(9-15(19)20)11-4-5-11/h1-3,6-8,11,13H,4-5,9H2,(H,17,18)(H,19,20)/b8-3+. The van der Waals surface area contributed by atoms with Gasteiger partial charge in [0.15, 0.2) is 0 Å². The van der Waals surface area contributed by atoms with E-state index in [4.69, 9.17) is 5.11 Å². The number of hydrogen-bond acceptors (Lipinski definition) is 2. The molecule has 0 aliphatic heterocycles. The smallest absolute Gasteiger partial charge is 0.305 e. The molecule has 0 heterocycles. The van der Waals surface area contributed by atoms with Crippen LogP contribution in [0.15, 0.2) is 34.8 Å². The van der Waals surface area contributed by atoms with Gasteiger partial charge in [0.25, 0.3) is 0 Å². The number of carbonyl (C=O) groups is 2. The Hall–Kier alpha value is -1.62. The van der Waals surface area contributed by atoms with Crippen LogP contribution in [0.3, 0.4) is 0 Å². The first-order valence-electron chi connectivity index (χ1n) is 6.50. The second-order valence-corrected chi connectivity index (χ2v) is 5.85. The summed E-state index contributed by atoms with van der Waals surface area (Å²) in [5.74, 6) is -0.804. The van der Waals surface area contributed by atoms with Crippen molar-refractivity contribution in [1.82, 2.24) is 5.32 Å². The van der Waals surface area contributed by atoms with Crippen molar-refractivity contribution in [3.05, 3.63) is 40.4 Å². The van der Waals surface area contributed by atoms with Gasteiger partial charge in [-0.1, -0.05) is 28.1 Å². The van der Waals surface area contributed by atoms with Crippen LogP contribution in [0.25, 0.3) is 6.08 Å². The maximum atomic E-state index is 11.8. The lowest BCUT2D eigenvalue weighted by Crippen LogP contribution is -2.37. The molecule has 106 valence electrons. The van der Waals surface area contributed by atoms with Crippen LogP contribution < -0.4 is 5.32 Å². The summed E-state index contributed by atoms with van der Waals surface area (Å²) in [5, 5.41) is 11.6. The molecule has 4 nitrogen and oxygen atoms in total. The van der Waals surface area contributed by atoms with Crippen LogP contribution in [0.1, 0.15) is 24.8 Å². The number of carboxylic acids is 1. The van der Waals surface area contributed by atoms with E-state index in [0.29, 0.717) is 5.92 Å². The molecular formula is C15H16BrNO3. The van der Waals surface area contributed by atoms with Gasteiger partial charge in [-0.05, 0) is 42.5 Å². The Morgan fingerprint density at radius 3 is 2.55 bits per heavy atom. The van der Waals surface area contributed by atoms with Crippen molar-refractivity contribution in [1.29, 1.82) is 0 Å². The fourth-order valence-electron chi connectivity index (χ4n) is 2.00. The van der Waals surface area contributed by atoms with E-state index in [-0.39, 0.29) is 18.4 Å².